The van der Waals surface area contributed by atoms with Gasteiger partial charge in [0.1, 0.15) is 0 Å². The Kier molecular flexibility index (Phi) is 4.74. The Morgan fingerprint density at radius 2 is 1.60 bits per heavy atom. The number of nitrogens with zero attached hydrogens (tertiary/aromatic N) is 2. The molecule has 2 rings (SSSR count). The monoisotopic (exact) mass is 275 g/mol. The highest BCUT2D eigenvalue weighted by molar-refractivity contribution is 5.76. The van der Waals surface area contributed by atoms with Crippen LogP contribution in [0.4, 0.5) is 0 Å². The minimum absolute atomic E-state index is 0.153. The van der Waals surface area contributed by atoms with Crippen molar-refractivity contribution >= 4 is 11.8 Å². The average Bonchev–Trinajstić information content (AvgIpc) is 2.41. The molecule has 20 heavy (non-hydrogen) atoms. The van der Waals surface area contributed by atoms with Gasteiger partial charge in [-0.25, -0.2) is 0 Å². The zero-order valence-electron chi connectivity index (χ0n) is 11.8. The minimum Gasteiger partial charge on any atom is -0.369 e. The molecule has 1 aromatic rings. The standard InChI is InChI=1S/C15H21N3O2/c1-12(19)18-8-6-17(7-9-18)11-14-4-2-13(3-5-14)10-15(16)20/h2-5H,6-11H2,1H3,(H2,16,20). The van der Waals surface area contributed by atoms with Crippen molar-refractivity contribution in [2.45, 2.75) is 19.9 Å². The molecule has 1 aromatic carbocycles. The molecule has 0 bridgehead atoms. The molecule has 0 unspecified atom stereocenters. The van der Waals surface area contributed by atoms with Gasteiger partial charge in [0.05, 0.1) is 6.42 Å². The van der Waals surface area contributed by atoms with Crippen molar-refractivity contribution in [3.05, 3.63) is 35.4 Å². The van der Waals surface area contributed by atoms with E-state index in [0.29, 0.717) is 0 Å². The minimum atomic E-state index is -0.307. The summed E-state index contributed by atoms with van der Waals surface area (Å²) in [4.78, 5) is 26.3. The van der Waals surface area contributed by atoms with Crippen molar-refractivity contribution < 1.29 is 9.59 Å². The fourth-order valence-electron chi connectivity index (χ4n) is 2.44. The number of nitrogens with two attached hydrogens (primary N) is 1. The van der Waals surface area contributed by atoms with Crippen LogP contribution >= 0.6 is 0 Å². The lowest BCUT2D eigenvalue weighted by molar-refractivity contribution is -0.130. The third kappa shape index (κ3) is 4.06. The first-order chi connectivity index (χ1) is 9.54. The van der Waals surface area contributed by atoms with Crippen LogP contribution in [-0.2, 0) is 22.6 Å². The maximum atomic E-state index is 11.3. The van der Waals surface area contributed by atoms with E-state index in [1.165, 1.54) is 5.56 Å². The first kappa shape index (κ1) is 14.5. The van der Waals surface area contributed by atoms with Crippen molar-refractivity contribution in [1.29, 1.82) is 0 Å². The number of hydrogen-bond donors (Lipinski definition) is 1. The Hall–Kier alpha value is -1.88. The lowest BCUT2D eigenvalue weighted by Crippen LogP contribution is -2.47. The van der Waals surface area contributed by atoms with E-state index >= 15 is 0 Å². The van der Waals surface area contributed by atoms with E-state index in [1.54, 1.807) is 6.92 Å². The molecule has 1 saturated heterocycles. The Morgan fingerprint density at radius 1 is 1.05 bits per heavy atom. The van der Waals surface area contributed by atoms with Crippen LogP contribution in [0.1, 0.15) is 18.1 Å². The second kappa shape index (κ2) is 6.52. The molecule has 0 saturated carbocycles. The first-order valence-corrected chi connectivity index (χ1v) is 6.88. The fraction of sp³-hybridized carbons (Fsp3) is 0.467. The van der Waals surface area contributed by atoms with E-state index in [-0.39, 0.29) is 18.2 Å². The molecule has 0 aromatic heterocycles. The number of amides is 2. The largest absolute Gasteiger partial charge is 0.369 e. The van der Waals surface area contributed by atoms with Gasteiger partial charge in [-0.05, 0) is 11.1 Å². The van der Waals surface area contributed by atoms with E-state index in [0.717, 1.165) is 38.3 Å². The van der Waals surface area contributed by atoms with Crippen LogP contribution in [0.5, 0.6) is 0 Å². The molecule has 108 valence electrons. The summed E-state index contributed by atoms with van der Waals surface area (Å²) < 4.78 is 0. The van der Waals surface area contributed by atoms with Gasteiger partial charge < -0.3 is 10.6 Å². The van der Waals surface area contributed by atoms with Gasteiger partial charge in [0.2, 0.25) is 11.8 Å². The van der Waals surface area contributed by atoms with Gasteiger partial charge in [-0.1, -0.05) is 24.3 Å². The van der Waals surface area contributed by atoms with Gasteiger partial charge in [-0.2, -0.15) is 0 Å². The molecular formula is C15H21N3O2. The number of carbonyl (C=O) groups excluding carboxylic acids is 2. The second-order valence-corrected chi connectivity index (χ2v) is 5.24. The highest BCUT2D eigenvalue weighted by atomic mass is 16.2. The van der Waals surface area contributed by atoms with Gasteiger partial charge in [0, 0.05) is 39.6 Å². The van der Waals surface area contributed by atoms with Crippen molar-refractivity contribution in [2.75, 3.05) is 26.2 Å². The molecule has 1 aliphatic heterocycles. The highest BCUT2D eigenvalue weighted by Crippen LogP contribution is 2.10. The topological polar surface area (TPSA) is 66.6 Å². The van der Waals surface area contributed by atoms with Gasteiger partial charge in [0.25, 0.3) is 0 Å². The van der Waals surface area contributed by atoms with Crippen molar-refractivity contribution in [3.8, 4) is 0 Å². The maximum Gasteiger partial charge on any atom is 0.221 e. The third-order valence-corrected chi connectivity index (χ3v) is 3.63. The van der Waals surface area contributed by atoms with Crippen molar-refractivity contribution in [1.82, 2.24) is 9.80 Å². The molecule has 0 radical (unpaired) electrons. The predicted octanol–water partition coefficient (Wildman–Crippen LogP) is 0.379. The Morgan fingerprint density at radius 3 is 2.10 bits per heavy atom. The number of primary amides is 1. The normalized spacial score (nSPS) is 16.1. The Balaban J connectivity index is 1.85. The number of piperazine rings is 1. The molecule has 0 atom stereocenters. The summed E-state index contributed by atoms with van der Waals surface area (Å²) in [6.45, 7) is 5.91. The van der Waals surface area contributed by atoms with Gasteiger partial charge in [-0.15, -0.1) is 0 Å². The van der Waals surface area contributed by atoms with E-state index in [1.807, 2.05) is 29.2 Å². The molecule has 5 heteroatoms. The van der Waals surface area contributed by atoms with E-state index in [9.17, 15) is 9.59 Å². The maximum absolute atomic E-state index is 11.3. The van der Waals surface area contributed by atoms with E-state index < -0.39 is 0 Å². The van der Waals surface area contributed by atoms with Crippen LogP contribution in [0.15, 0.2) is 24.3 Å². The second-order valence-electron chi connectivity index (χ2n) is 5.24. The first-order valence-electron chi connectivity index (χ1n) is 6.88. The molecule has 2 amide bonds. The number of rotatable bonds is 4. The highest BCUT2D eigenvalue weighted by Gasteiger charge is 2.18. The zero-order chi connectivity index (χ0) is 14.5. The summed E-state index contributed by atoms with van der Waals surface area (Å²) in [7, 11) is 0. The van der Waals surface area contributed by atoms with Gasteiger partial charge in [-0.3, -0.25) is 14.5 Å². The molecule has 1 aliphatic rings. The number of carbonyl (C=O) groups is 2. The zero-order valence-corrected chi connectivity index (χ0v) is 11.8. The summed E-state index contributed by atoms with van der Waals surface area (Å²) in [6.07, 6.45) is 0.289. The molecule has 5 nitrogen and oxygen atoms in total. The summed E-state index contributed by atoms with van der Waals surface area (Å²) >= 11 is 0. The van der Waals surface area contributed by atoms with Crippen LogP contribution in [0.2, 0.25) is 0 Å². The Bertz CT molecular complexity index is 476. The lowest BCUT2D eigenvalue weighted by atomic mass is 10.1. The van der Waals surface area contributed by atoms with Gasteiger partial charge in [0.15, 0.2) is 0 Å². The molecule has 2 N–H and O–H groups in total. The van der Waals surface area contributed by atoms with Crippen LogP contribution in [0, 0.1) is 0 Å². The molecule has 0 spiro atoms. The lowest BCUT2D eigenvalue weighted by Gasteiger charge is -2.34. The molecule has 1 fully saturated rings. The van der Waals surface area contributed by atoms with Crippen LogP contribution in [-0.4, -0.2) is 47.8 Å². The van der Waals surface area contributed by atoms with E-state index in [2.05, 4.69) is 4.90 Å². The number of hydrogen-bond acceptors (Lipinski definition) is 3. The van der Waals surface area contributed by atoms with Gasteiger partial charge >= 0.3 is 0 Å². The van der Waals surface area contributed by atoms with Crippen LogP contribution < -0.4 is 5.73 Å². The quantitative estimate of drug-likeness (QED) is 0.864. The van der Waals surface area contributed by atoms with Crippen molar-refractivity contribution in [2.24, 2.45) is 5.73 Å². The Labute approximate surface area is 119 Å². The summed E-state index contributed by atoms with van der Waals surface area (Å²) in [5.74, 6) is -0.154. The molecule has 1 heterocycles. The molecular weight excluding hydrogens is 254 g/mol. The van der Waals surface area contributed by atoms with E-state index in [4.69, 9.17) is 5.73 Å². The molecule has 0 aliphatic carbocycles. The summed E-state index contributed by atoms with van der Waals surface area (Å²) in [6, 6.07) is 7.98. The SMILES string of the molecule is CC(=O)N1CCN(Cc2ccc(CC(N)=O)cc2)CC1. The van der Waals surface area contributed by atoms with Crippen LogP contribution in [0.3, 0.4) is 0 Å². The third-order valence-electron chi connectivity index (χ3n) is 3.63. The van der Waals surface area contributed by atoms with Crippen LogP contribution in [0.25, 0.3) is 0 Å². The fourth-order valence-corrected chi connectivity index (χ4v) is 2.44. The predicted molar refractivity (Wildman–Crippen MR) is 76.9 cm³/mol. The summed E-state index contributed by atoms with van der Waals surface area (Å²) in [5, 5.41) is 0. The number of benzene rings is 1. The average molecular weight is 275 g/mol. The smallest absolute Gasteiger partial charge is 0.221 e. The van der Waals surface area contributed by atoms with Crippen molar-refractivity contribution in [3.63, 3.8) is 0 Å². The summed E-state index contributed by atoms with van der Waals surface area (Å²) in [5.41, 5.74) is 7.33.